The fourth-order valence-corrected chi connectivity index (χ4v) is 1.93. The van der Waals surface area contributed by atoms with Crippen molar-refractivity contribution >= 4 is 5.82 Å². The number of aliphatic hydroxyl groups is 1. The number of halogens is 1. The van der Waals surface area contributed by atoms with Gasteiger partial charge in [-0.25, -0.2) is 9.37 Å². The van der Waals surface area contributed by atoms with Gasteiger partial charge >= 0.3 is 0 Å². The number of anilines is 1. The molecule has 0 bridgehead atoms. The van der Waals surface area contributed by atoms with Gasteiger partial charge in [0.2, 0.25) is 0 Å². The second-order valence-electron chi connectivity index (χ2n) is 3.97. The zero-order valence-electron chi connectivity index (χ0n) is 9.14. The molecule has 1 aliphatic heterocycles. The van der Waals surface area contributed by atoms with Crippen molar-refractivity contribution < 1.29 is 14.2 Å². The quantitative estimate of drug-likeness (QED) is 0.810. The Bertz CT molecular complexity index is 362. The lowest BCUT2D eigenvalue weighted by atomic mass is 10.2. The first kappa shape index (κ1) is 11.3. The lowest BCUT2D eigenvalue weighted by Crippen LogP contribution is -2.48. The number of rotatable bonds is 2. The van der Waals surface area contributed by atoms with Gasteiger partial charge in [0.25, 0.3) is 0 Å². The van der Waals surface area contributed by atoms with E-state index in [-0.39, 0.29) is 24.6 Å². The van der Waals surface area contributed by atoms with E-state index in [1.54, 1.807) is 12.3 Å². The predicted molar refractivity (Wildman–Crippen MR) is 57.8 cm³/mol. The van der Waals surface area contributed by atoms with Crippen molar-refractivity contribution in [3.63, 3.8) is 0 Å². The van der Waals surface area contributed by atoms with E-state index in [0.29, 0.717) is 18.9 Å². The summed E-state index contributed by atoms with van der Waals surface area (Å²) in [5.41, 5.74) is 0. The molecule has 0 saturated carbocycles. The molecule has 88 valence electrons. The number of ether oxygens (including phenoxy) is 1. The van der Waals surface area contributed by atoms with Crippen LogP contribution in [0.3, 0.4) is 0 Å². The fourth-order valence-electron chi connectivity index (χ4n) is 1.93. The molecule has 0 radical (unpaired) electrons. The van der Waals surface area contributed by atoms with Gasteiger partial charge in [-0.05, 0) is 19.1 Å². The van der Waals surface area contributed by atoms with E-state index in [2.05, 4.69) is 4.98 Å². The van der Waals surface area contributed by atoms with Crippen LogP contribution in [0.2, 0.25) is 0 Å². The Kier molecular flexibility index (Phi) is 3.36. The summed E-state index contributed by atoms with van der Waals surface area (Å²) >= 11 is 0. The van der Waals surface area contributed by atoms with Crippen molar-refractivity contribution in [1.29, 1.82) is 0 Å². The highest BCUT2D eigenvalue weighted by molar-refractivity contribution is 5.40. The number of aromatic nitrogens is 1. The molecule has 0 aromatic carbocycles. The molecule has 0 amide bonds. The van der Waals surface area contributed by atoms with Crippen LogP contribution in [-0.2, 0) is 4.74 Å². The molecule has 1 aromatic heterocycles. The first-order valence-electron chi connectivity index (χ1n) is 5.32. The van der Waals surface area contributed by atoms with Gasteiger partial charge in [0.15, 0.2) is 11.6 Å². The highest BCUT2D eigenvalue weighted by Gasteiger charge is 2.26. The van der Waals surface area contributed by atoms with Gasteiger partial charge in [-0.2, -0.15) is 0 Å². The number of hydrogen-bond acceptors (Lipinski definition) is 4. The molecule has 0 spiro atoms. The topological polar surface area (TPSA) is 45.6 Å². The summed E-state index contributed by atoms with van der Waals surface area (Å²) in [6, 6.07) is 2.95. The van der Waals surface area contributed by atoms with Crippen LogP contribution in [0, 0.1) is 5.82 Å². The molecule has 1 fully saturated rings. The van der Waals surface area contributed by atoms with Crippen molar-refractivity contribution in [2.45, 2.75) is 19.1 Å². The minimum Gasteiger partial charge on any atom is -0.394 e. The average molecular weight is 226 g/mol. The SMILES string of the molecule is CC1CN(c2ncccc2F)CC(CO)O1. The number of aliphatic hydroxyl groups excluding tert-OH is 1. The van der Waals surface area contributed by atoms with E-state index in [0.717, 1.165) is 0 Å². The normalized spacial score (nSPS) is 25.8. The largest absolute Gasteiger partial charge is 0.394 e. The Morgan fingerprint density at radius 1 is 1.62 bits per heavy atom. The van der Waals surface area contributed by atoms with Crippen molar-refractivity contribution in [2.75, 3.05) is 24.6 Å². The van der Waals surface area contributed by atoms with Crippen LogP contribution in [0.1, 0.15) is 6.92 Å². The Morgan fingerprint density at radius 2 is 2.44 bits per heavy atom. The molecule has 5 heteroatoms. The van der Waals surface area contributed by atoms with Crippen LogP contribution in [0.4, 0.5) is 10.2 Å². The van der Waals surface area contributed by atoms with Crippen LogP contribution in [0.25, 0.3) is 0 Å². The number of hydrogen-bond donors (Lipinski definition) is 1. The highest BCUT2D eigenvalue weighted by atomic mass is 19.1. The fraction of sp³-hybridized carbons (Fsp3) is 0.545. The number of morpholine rings is 1. The minimum absolute atomic E-state index is 0.0349. The van der Waals surface area contributed by atoms with Gasteiger partial charge in [0, 0.05) is 19.3 Å². The van der Waals surface area contributed by atoms with Crippen LogP contribution >= 0.6 is 0 Å². The van der Waals surface area contributed by atoms with Crippen molar-refractivity contribution in [3.05, 3.63) is 24.1 Å². The highest BCUT2D eigenvalue weighted by Crippen LogP contribution is 2.20. The summed E-state index contributed by atoms with van der Waals surface area (Å²) < 4.78 is 19.0. The van der Waals surface area contributed by atoms with Crippen LogP contribution < -0.4 is 4.90 Å². The molecule has 2 unspecified atom stereocenters. The first-order chi connectivity index (χ1) is 7.70. The van der Waals surface area contributed by atoms with Crippen LogP contribution in [0.15, 0.2) is 18.3 Å². The maximum atomic E-state index is 13.5. The molecule has 0 aliphatic carbocycles. The van der Waals surface area contributed by atoms with Gasteiger partial charge < -0.3 is 14.7 Å². The first-order valence-corrected chi connectivity index (χ1v) is 5.32. The summed E-state index contributed by atoms with van der Waals surface area (Å²) in [5, 5.41) is 9.08. The maximum Gasteiger partial charge on any atom is 0.165 e. The Balaban J connectivity index is 2.17. The third-order valence-corrected chi connectivity index (χ3v) is 2.57. The maximum absolute atomic E-state index is 13.5. The molecule has 1 N–H and O–H groups in total. The third kappa shape index (κ3) is 2.31. The molecular formula is C11H15FN2O2. The van der Waals surface area contributed by atoms with Crippen LogP contribution in [0.5, 0.6) is 0 Å². The van der Waals surface area contributed by atoms with Crippen molar-refractivity contribution in [1.82, 2.24) is 4.98 Å². The number of pyridine rings is 1. The van der Waals surface area contributed by atoms with E-state index in [1.807, 2.05) is 11.8 Å². The summed E-state index contributed by atoms with van der Waals surface area (Å²) in [7, 11) is 0. The second-order valence-corrected chi connectivity index (χ2v) is 3.97. The molecule has 1 saturated heterocycles. The van der Waals surface area contributed by atoms with E-state index in [4.69, 9.17) is 9.84 Å². The molecule has 2 heterocycles. The Labute approximate surface area is 93.7 Å². The Hall–Kier alpha value is -1.20. The van der Waals surface area contributed by atoms with Gasteiger partial charge in [0.05, 0.1) is 18.8 Å². The van der Waals surface area contributed by atoms with Crippen molar-refractivity contribution in [3.8, 4) is 0 Å². The summed E-state index contributed by atoms with van der Waals surface area (Å²) in [5.74, 6) is -0.00982. The monoisotopic (exact) mass is 226 g/mol. The van der Waals surface area contributed by atoms with Gasteiger partial charge in [0.1, 0.15) is 0 Å². The summed E-state index contributed by atoms with van der Waals surface area (Å²) in [6.45, 7) is 2.89. The summed E-state index contributed by atoms with van der Waals surface area (Å²) in [6.07, 6.45) is 1.25. The predicted octanol–water partition coefficient (Wildman–Crippen LogP) is 0.807. The molecule has 2 atom stereocenters. The second kappa shape index (κ2) is 4.76. The summed E-state index contributed by atoms with van der Waals surface area (Å²) in [4.78, 5) is 5.83. The van der Waals surface area contributed by atoms with Gasteiger partial charge in [-0.3, -0.25) is 0 Å². The van der Waals surface area contributed by atoms with E-state index in [9.17, 15) is 4.39 Å². The van der Waals surface area contributed by atoms with E-state index in [1.165, 1.54) is 6.07 Å². The zero-order chi connectivity index (χ0) is 11.5. The van der Waals surface area contributed by atoms with E-state index < -0.39 is 0 Å². The smallest absolute Gasteiger partial charge is 0.165 e. The average Bonchev–Trinajstić information content (AvgIpc) is 2.28. The molecule has 4 nitrogen and oxygen atoms in total. The molecular weight excluding hydrogens is 211 g/mol. The van der Waals surface area contributed by atoms with E-state index >= 15 is 0 Å². The third-order valence-electron chi connectivity index (χ3n) is 2.57. The van der Waals surface area contributed by atoms with Crippen molar-refractivity contribution in [2.24, 2.45) is 0 Å². The molecule has 2 rings (SSSR count). The molecule has 1 aromatic rings. The molecule has 16 heavy (non-hydrogen) atoms. The van der Waals surface area contributed by atoms with Crippen LogP contribution in [-0.4, -0.2) is 42.0 Å². The van der Waals surface area contributed by atoms with Gasteiger partial charge in [-0.1, -0.05) is 0 Å². The standard InChI is InChI=1S/C11H15FN2O2/c1-8-5-14(6-9(7-15)16-8)11-10(12)3-2-4-13-11/h2-4,8-9,15H,5-7H2,1H3. The number of nitrogens with zero attached hydrogens (tertiary/aromatic N) is 2. The zero-order valence-corrected chi connectivity index (χ0v) is 9.14. The lowest BCUT2D eigenvalue weighted by Gasteiger charge is -2.36. The lowest BCUT2D eigenvalue weighted by molar-refractivity contribution is -0.0424. The minimum atomic E-state index is -0.340. The molecule has 1 aliphatic rings. The van der Waals surface area contributed by atoms with Gasteiger partial charge in [-0.15, -0.1) is 0 Å². The Morgan fingerprint density at radius 3 is 3.12 bits per heavy atom.